The molecule has 8 heteroatoms. The molecule has 0 radical (unpaired) electrons. The lowest BCUT2D eigenvalue weighted by atomic mass is 10.2. The predicted octanol–water partition coefficient (Wildman–Crippen LogP) is 3.00. The van der Waals surface area contributed by atoms with Crippen molar-refractivity contribution in [2.24, 2.45) is 0 Å². The first-order chi connectivity index (χ1) is 12.9. The smallest absolute Gasteiger partial charge is 0.248 e. The van der Waals surface area contributed by atoms with Crippen LogP contribution >= 0.6 is 0 Å². The van der Waals surface area contributed by atoms with E-state index in [9.17, 15) is 13.2 Å². The number of rotatable bonds is 6. The van der Waals surface area contributed by atoms with E-state index in [1.54, 1.807) is 25.3 Å². The number of carbonyl (C=O) groups is 1. The Morgan fingerprint density at radius 3 is 2.56 bits per heavy atom. The number of sulfonamides is 1. The van der Waals surface area contributed by atoms with E-state index < -0.39 is 10.0 Å². The molecule has 0 aliphatic carbocycles. The van der Waals surface area contributed by atoms with E-state index >= 15 is 0 Å². The maximum Gasteiger partial charge on any atom is 0.248 e. The fraction of sp³-hybridized carbons (Fsp3) is 0.105. The Kier molecular flexibility index (Phi) is 5.29. The Bertz CT molecular complexity index is 1100. The molecule has 0 aliphatic heterocycles. The number of furan rings is 1. The molecule has 0 spiro atoms. The Labute approximate surface area is 156 Å². The lowest BCUT2D eigenvalue weighted by Crippen LogP contribution is -2.18. The zero-order valence-electron chi connectivity index (χ0n) is 14.7. The van der Waals surface area contributed by atoms with Gasteiger partial charge in [-0.25, -0.2) is 13.1 Å². The van der Waals surface area contributed by atoms with Crippen LogP contribution in [-0.4, -0.2) is 28.5 Å². The number of hydrogen-bond acceptors (Lipinski definition) is 5. The van der Waals surface area contributed by atoms with Crippen LogP contribution < -0.4 is 14.8 Å². The van der Waals surface area contributed by atoms with Gasteiger partial charge in [0.2, 0.25) is 15.9 Å². The third-order valence-electron chi connectivity index (χ3n) is 3.85. The number of carbonyl (C=O) groups excluding carboxylic acids is 1. The van der Waals surface area contributed by atoms with Gasteiger partial charge in [0, 0.05) is 17.1 Å². The Morgan fingerprint density at radius 2 is 1.89 bits per heavy atom. The summed E-state index contributed by atoms with van der Waals surface area (Å²) >= 11 is 0. The van der Waals surface area contributed by atoms with Gasteiger partial charge >= 0.3 is 0 Å². The Hall–Kier alpha value is -3.10. The molecule has 7 nitrogen and oxygen atoms in total. The number of fused-ring (bicyclic) bond motifs is 1. The summed E-state index contributed by atoms with van der Waals surface area (Å²) in [5.74, 6) is 0.764. The maximum atomic E-state index is 12.1. The van der Waals surface area contributed by atoms with E-state index in [2.05, 4.69) is 10.0 Å². The highest BCUT2D eigenvalue weighted by atomic mass is 32.2. The van der Waals surface area contributed by atoms with Gasteiger partial charge in [0.15, 0.2) is 11.3 Å². The average molecular weight is 386 g/mol. The first kappa shape index (κ1) is 18.7. The average Bonchev–Trinajstić information content (AvgIpc) is 3.10. The maximum absolute atomic E-state index is 12.1. The fourth-order valence-electron chi connectivity index (χ4n) is 2.48. The molecule has 1 aromatic heterocycles. The monoisotopic (exact) mass is 386 g/mol. The summed E-state index contributed by atoms with van der Waals surface area (Å²) in [6.07, 6.45) is 2.89. The van der Waals surface area contributed by atoms with Crippen molar-refractivity contribution in [2.75, 3.05) is 19.5 Å². The van der Waals surface area contributed by atoms with Gasteiger partial charge in [-0.1, -0.05) is 12.1 Å². The van der Waals surface area contributed by atoms with E-state index in [0.717, 1.165) is 5.39 Å². The van der Waals surface area contributed by atoms with E-state index in [1.165, 1.54) is 37.4 Å². The summed E-state index contributed by atoms with van der Waals surface area (Å²) in [5.41, 5.74) is 1.09. The van der Waals surface area contributed by atoms with Gasteiger partial charge in [0.1, 0.15) is 5.76 Å². The lowest BCUT2D eigenvalue weighted by Gasteiger charge is -2.05. The van der Waals surface area contributed by atoms with Crippen LogP contribution in [-0.2, 0) is 14.8 Å². The van der Waals surface area contributed by atoms with E-state index in [0.29, 0.717) is 22.8 Å². The summed E-state index contributed by atoms with van der Waals surface area (Å²) in [6, 6.07) is 13.2. The molecule has 2 N–H and O–H groups in total. The summed E-state index contributed by atoms with van der Waals surface area (Å²) < 4.78 is 36.5. The van der Waals surface area contributed by atoms with Crippen LogP contribution in [0.5, 0.6) is 5.75 Å². The molecular formula is C19H18N2O5S. The van der Waals surface area contributed by atoms with Crippen LogP contribution in [0.3, 0.4) is 0 Å². The number of anilines is 1. The molecule has 3 aromatic rings. The molecule has 0 saturated carbocycles. The van der Waals surface area contributed by atoms with Gasteiger partial charge in [0.25, 0.3) is 0 Å². The van der Waals surface area contributed by atoms with Gasteiger partial charge < -0.3 is 14.5 Å². The van der Waals surface area contributed by atoms with Gasteiger partial charge in [-0.05, 0) is 49.5 Å². The van der Waals surface area contributed by atoms with Crippen molar-refractivity contribution in [3.05, 3.63) is 60.4 Å². The van der Waals surface area contributed by atoms with E-state index in [4.69, 9.17) is 9.15 Å². The first-order valence-corrected chi connectivity index (χ1v) is 9.50. The molecule has 0 atom stereocenters. The number of hydrogen-bond donors (Lipinski definition) is 2. The minimum Gasteiger partial charge on any atom is -0.493 e. The molecule has 0 saturated heterocycles. The van der Waals surface area contributed by atoms with Gasteiger partial charge in [-0.15, -0.1) is 0 Å². The molecule has 2 aromatic carbocycles. The van der Waals surface area contributed by atoms with Crippen molar-refractivity contribution in [3.8, 4) is 5.75 Å². The van der Waals surface area contributed by atoms with Crippen molar-refractivity contribution >= 4 is 38.7 Å². The second kappa shape index (κ2) is 7.65. The second-order valence-electron chi connectivity index (χ2n) is 5.58. The van der Waals surface area contributed by atoms with E-state index in [-0.39, 0.29) is 10.8 Å². The number of nitrogens with one attached hydrogen (secondary N) is 2. The molecular weight excluding hydrogens is 368 g/mol. The van der Waals surface area contributed by atoms with Crippen LogP contribution in [0.1, 0.15) is 5.76 Å². The second-order valence-corrected chi connectivity index (χ2v) is 7.47. The van der Waals surface area contributed by atoms with Crippen LogP contribution in [0.25, 0.3) is 17.0 Å². The van der Waals surface area contributed by atoms with Gasteiger partial charge in [-0.3, -0.25) is 4.79 Å². The van der Waals surface area contributed by atoms with E-state index in [1.807, 2.05) is 12.1 Å². The molecule has 3 rings (SSSR count). The lowest BCUT2D eigenvalue weighted by molar-refractivity contribution is -0.111. The van der Waals surface area contributed by atoms with Crippen LogP contribution in [0.2, 0.25) is 0 Å². The topological polar surface area (TPSA) is 97.6 Å². The molecule has 1 amide bonds. The minimum absolute atomic E-state index is 0.120. The summed E-state index contributed by atoms with van der Waals surface area (Å²) in [5, 5.41) is 3.53. The third kappa shape index (κ3) is 4.18. The molecule has 1 heterocycles. The summed E-state index contributed by atoms with van der Waals surface area (Å²) in [6.45, 7) is 0. The highest BCUT2D eigenvalue weighted by molar-refractivity contribution is 7.89. The van der Waals surface area contributed by atoms with Crippen molar-refractivity contribution < 1.29 is 22.4 Å². The zero-order valence-corrected chi connectivity index (χ0v) is 15.5. The van der Waals surface area contributed by atoms with Crippen molar-refractivity contribution in [2.45, 2.75) is 4.90 Å². The van der Waals surface area contributed by atoms with Gasteiger partial charge in [-0.2, -0.15) is 0 Å². The summed E-state index contributed by atoms with van der Waals surface area (Å²) in [7, 11) is -0.608. The molecule has 27 heavy (non-hydrogen) atoms. The minimum atomic E-state index is -3.51. The Morgan fingerprint density at radius 1 is 1.15 bits per heavy atom. The number of para-hydroxylation sites is 1. The Balaban J connectivity index is 1.70. The quantitative estimate of drug-likeness (QED) is 0.635. The van der Waals surface area contributed by atoms with Crippen molar-refractivity contribution in [1.29, 1.82) is 0 Å². The number of benzene rings is 2. The molecule has 0 bridgehead atoms. The highest BCUT2D eigenvalue weighted by Gasteiger charge is 2.11. The van der Waals surface area contributed by atoms with Crippen molar-refractivity contribution in [3.63, 3.8) is 0 Å². The van der Waals surface area contributed by atoms with Crippen LogP contribution in [0.4, 0.5) is 5.69 Å². The standard InChI is InChI=1S/C19H18N2O5S/c1-20-27(23,24)16-9-6-14(7-10-16)21-18(22)11-8-15-12-13-4-3-5-17(25-2)19(13)26-15/h3-12,20H,1-2H3,(H,21,22)/b11-8+. The normalized spacial score (nSPS) is 11.8. The number of amides is 1. The molecule has 0 aliphatic rings. The fourth-order valence-corrected chi connectivity index (χ4v) is 3.21. The first-order valence-electron chi connectivity index (χ1n) is 8.02. The van der Waals surface area contributed by atoms with Gasteiger partial charge in [0.05, 0.1) is 12.0 Å². The predicted molar refractivity (Wildman–Crippen MR) is 103 cm³/mol. The molecule has 0 unspecified atom stereocenters. The third-order valence-corrected chi connectivity index (χ3v) is 5.28. The molecule has 0 fully saturated rings. The number of ether oxygens (including phenoxy) is 1. The SMILES string of the molecule is CNS(=O)(=O)c1ccc(NC(=O)/C=C/c2cc3cccc(OC)c3o2)cc1. The summed E-state index contributed by atoms with van der Waals surface area (Å²) in [4.78, 5) is 12.2. The van der Waals surface area contributed by atoms with Crippen LogP contribution in [0.15, 0.2) is 63.9 Å². The van der Waals surface area contributed by atoms with Crippen molar-refractivity contribution in [1.82, 2.24) is 4.72 Å². The highest BCUT2D eigenvalue weighted by Crippen LogP contribution is 2.28. The number of methoxy groups -OCH3 is 1. The zero-order chi connectivity index (χ0) is 19.4. The largest absolute Gasteiger partial charge is 0.493 e. The molecule has 140 valence electrons. The van der Waals surface area contributed by atoms with Crippen LogP contribution in [0, 0.1) is 0 Å².